The second-order valence-corrected chi connectivity index (χ2v) is 8.44. The first-order valence-corrected chi connectivity index (χ1v) is 11.0. The van der Waals surface area contributed by atoms with Gasteiger partial charge in [0.2, 0.25) is 0 Å². The van der Waals surface area contributed by atoms with Crippen LogP contribution in [0.5, 0.6) is 0 Å². The van der Waals surface area contributed by atoms with Crippen LogP contribution in [0.3, 0.4) is 0 Å². The van der Waals surface area contributed by atoms with E-state index in [-0.39, 0.29) is 11.6 Å². The Morgan fingerprint density at radius 2 is 2.03 bits per heavy atom. The first-order chi connectivity index (χ1) is 15.9. The van der Waals surface area contributed by atoms with E-state index in [1.165, 1.54) is 25.7 Å². The number of likely N-dealkylation sites (tertiary alicyclic amines) is 1. The van der Waals surface area contributed by atoms with Crippen LogP contribution in [0.2, 0.25) is 0 Å². The quantitative estimate of drug-likeness (QED) is 0.368. The number of ether oxygens (including phenoxy) is 1. The van der Waals surface area contributed by atoms with Gasteiger partial charge in [-0.25, -0.2) is 0 Å². The van der Waals surface area contributed by atoms with Gasteiger partial charge in [-0.2, -0.15) is 4.98 Å². The van der Waals surface area contributed by atoms with E-state index in [0.29, 0.717) is 34.9 Å². The molecule has 0 N–H and O–H groups in total. The number of aromatic nitrogens is 2. The number of rotatable bonds is 6. The van der Waals surface area contributed by atoms with Gasteiger partial charge in [-0.1, -0.05) is 23.7 Å². The van der Waals surface area contributed by atoms with Crippen LogP contribution in [0, 0.1) is 16.0 Å². The van der Waals surface area contributed by atoms with E-state index >= 15 is 0 Å². The average Bonchev–Trinajstić information content (AvgIpc) is 3.26. The van der Waals surface area contributed by atoms with Gasteiger partial charge >= 0.3 is 5.97 Å². The fourth-order valence-corrected chi connectivity index (χ4v) is 4.68. The summed E-state index contributed by atoms with van der Waals surface area (Å²) in [5.41, 5.74) is 2.28. The Hall–Kier alpha value is -3.40. The summed E-state index contributed by atoms with van der Waals surface area (Å²) < 4.78 is 10.7. The third-order valence-electron chi connectivity index (χ3n) is 6.24. The Kier molecular flexibility index (Phi) is 6.64. The van der Waals surface area contributed by atoms with Gasteiger partial charge in [0.15, 0.2) is 5.82 Å². The molecule has 3 heterocycles. The molecule has 4 rings (SSSR count). The van der Waals surface area contributed by atoms with E-state index in [9.17, 15) is 14.9 Å². The molecule has 2 aliphatic heterocycles. The molecule has 2 aromatic rings. The van der Waals surface area contributed by atoms with Gasteiger partial charge in [0, 0.05) is 35.0 Å². The number of hydrogen-bond donors (Lipinski definition) is 0. The zero-order chi connectivity index (χ0) is 23.5. The van der Waals surface area contributed by atoms with Crippen LogP contribution in [0.1, 0.15) is 56.3 Å². The number of carbonyl (C=O) groups is 1. The predicted molar refractivity (Wildman–Crippen MR) is 120 cm³/mol. The number of nitro benzene ring substituents is 1. The number of non-ortho nitro benzene ring substituents is 1. The van der Waals surface area contributed by atoms with E-state index < -0.39 is 22.7 Å². The zero-order valence-corrected chi connectivity index (χ0v) is 19.0. The molecule has 2 unspecified atom stereocenters. The molecule has 1 aromatic heterocycles. The summed E-state index contributed by atoms with van der Waals surface area (Å²) in [5, 5.41) is 15.6. The highest BCUT2D eigenvalue weighted by Crippen LogP contribution is 2.44. The Morgan fingerprint density at radius 3 is 2.73 bits per heavy atom. The molecule has 2 aliphatic rings. The molecule has 0 spiro atoms. The van der Waals surface area contributed by atoms with Crippen molar-refractivity contribution < 1.29 is 19.0 Å². The summed E-state index contributed by atoms with van der Waals surface area (Å²) in [6.45, 7) is 6.14. The number of benzene rings is 1. The van der Waals surface area contributed by atoms with Crippen molar-refractivity contribution in [2.75, 3.05) is 20.2 Å². The molecule has 0 bridgehead atoms. The first-order valence-electron chi connectivity index (χ1n) is 11.0. The predicted octanol–water partition coefficient (Wildman–Crippen LogP) is 3.74. The van der Waals surface area contributed by atoms with E-state index in [2.05, 4.69) is 20.0 Å². The van der Waals surface area contributed by atoms with Crippen LogP contribution in [-0.2, 0) is 16.1 Å². The number of methoxy groups -OCH3 is 1. The van der Waals surface area contributed by atoms with E-state index in [0.717, 1.165) is 25.9 Å². The van der Waals surface area contributed by atoms with Crippen molar-refractivity contribution in [3.63, 3.8) is 0 Å². The minimum absolute atomic E-state index is 0.0652. The average molecular weight is 453 g/mol. The van der Waals surface area contributed by atoms with Crippen molar-refractivity contribution in [2.24, 2.45) is 10.9 Å². The Bertz CT molecular complexity index is 1120. The number of piperidine rings is 1. The van der Waals surface area contributed by atoms with Crippen molar-refractivity contribution in [1.82, 2.24) is 15.0 Å². The molecular weight excluding hydrogens is 426 g/mol. The van der Waals surface area contributed by atoms with Gasteiger partial charge in [0.25, 0.3) is 11.6 Å². The SMILES string of the molecule is COC(=O)C1C(C)=NC(C)=C(c2nc(CN3CCCCC3)no2)C1c1cccc([N+](=O)[O-])c1. The number of nitrogens with zero attached hydrogens (tertiary/aromatic N) is 5. The smallest absolute Gasteiger partial charge is 0.315 e. The van der Waals surface area contributed by atoms with E-state index in [1.807, 2.05) is 6.92 Å². The Morgan fingerprint density at radius 1 is 1.27 bits per heavy atom. The van der Waals surface area contributed by atoms with Crippen LogP contribution >= 0.6 is 0 Å². The third kappa shape index (κ3) is 4.70. The molecule has 1 saturated heterocycles. The number of carbonyl (C=O) groups excluding carboxylic acids is 1. The Balaban J connectivity index is 1.76. The lowest BCUT2D eigenvalue weighted by molar-refractivity contribution is -0.384. The van der Waals surface area contributed by atoms with Crippen LogP contribution in [0.25, 0.3) is 5.57 Å². The second-order valence-electron chi connectivity index (χ2n) is 8.44. The monoisotopic (exact) mass is 453 g/mol. The van der Waals surface area contributed by atoms with E-state index in [4.69, 9.17) is 9.26 Å². The second kappa shape index (κ2) is 9.62. The number of aliphatic imine (C=N–C) groups is 1. The maximum atomic E-state index is 12.8. The largest absolute Gasteiger partial charge is 0.468 e. The molecule has 0 aliphatic carbocycles. The van der Waals surface area contributed by atoms with Gasteiger partial charge < -0.3 is 9.26 Å². The van der Waals surface area contributed by atoms with Crippen LogP contribution in [0.4, 0.5) is 5.69 Å². The number of esters is 1. The molecule has 174 valence electrons. The highest BCUT2D eigenvalue weighted by Gasteiger charge is 2.42. The molecule has 10 heteroatoms. The van der Waals surface area contributed by atoms with Gasteiger partial charge in [-0.3, -0.25) is 24.8 Å². The summed E-state index contributed by atoms with van der Waals surface area (Å²) >= 11 is 0. The highest BCUT2D eigenvalue weighted by atomic mass is 16.6. The number of nitro groups is 1. The first kappa shape index (κ1) is 22.8. The van der Waals surface area contributed by atoms with Crippen molar-refractivity contribution in [2.45, 2.75) is 45.6 Å². The maximum Gasteiger partial charge on any atom is 0.315 e. The van der Waals surface area contributed by atoms with Gasteiger partial charge in [-0.15, -0.1) is 0 Å². The third-order valence-corrected chi connectivity index (χ3v) is 6.24. The normalized spacial score (nSPS) is 21.6. The van der Waals surface area contributed by atoms with Crippen LogP contribution in [-0.4, -0.2) is 51.8 Å². The minimum atomic E-state index is -0.770. The number of allylic oxidation sites excluding steroid dienone is 2. The van der Waals surface area contributed by atoms with Gasteiger partial charge in [-0.05, 0) is 45.3 Å². The lowest BCUT2D eigenvalue weighted by atomic mass is 9.75. The highest BCUT2D eigenvalue weighted by molar-refractivity contribution is 6.06. The van der Waals surface area contributed by atoms with Crippen LogP contribution in [0.15, 0.2) is 39.5 Å². The molecule has 0 amide bonds. The maximum absolute atomic E-state index is 12.8. The molecule has 2 atom stereocenters. The van der Waals surface area contributed by atoms with Crippen molar-refractivity contribution in [3.8, 4) is 0 Å². The van der Waals surface area contributed by atoms with Crippen molar-refractivity contribution in [3.05, 3.63) is 57.4 Å². The summed E-state index contributed by atoms with van der Waals surface area (Å²) in [6, 6.07) is 6.24. The van der Waals surface area contributed by atoms with Gasteiger partial charge in [0.05, 0.1) is 18.6 Å². The van der Waals surface area contributed by atoms with E-state index in [1.54, 1.807) is 19.1 Å². The molecule has 0 radical (unpaired) electrons. The molecule has 1 fully saturated rings. The lowest BCUT2D eigenvalue weighted by Crippen LogP contribution is -2.33. The summed E-state index contributed by atoms with van der Waals surface area (Å²) in [6.07, 6.45) is 3.54. The lowest BCUT2D eigenvalue weighted by Gasteiger charge is -2.30. The van der Waals surface area contributed by atoms with Crippen LogP contribution < -0.4 is 0 Å². The molecule has 33 heavy (non-hydrogen) atoms. The van der Waals surface area contributed by atoms with Crippen molar-refractivity contribution in [1.29, 1.82) is 0 Å². The standard InChI is InChI=1S/C23H27N5O5/c1-14-19(22-25-18(26-33-22)13-27-10-5-4-6-11-27)21(20(15(2)24-14)23(29)32-3)16-8-7-9-17(12-16)28(30)31/h7-9,12,20-21H,4-6,10-11,13H2,1-3H3. The Labute approximate surface area is 191 Å². The van der Waals surface area contributed by atoms with Gasteiger partial charge in [0.1, 0.15) is 5.92 Å². The molecular formula is C23H27N5O5. The summed E-state index contributed by atoms with van der Waals surface area (Å²) in [7, 11) is 1.31. The minimum Gasteiger partial charge on any atom is -0.468 e. The fourth-order valence-electron chi connectivity index (χ4n) is 4.68. The molecule has 10 nitrogen and oxygen atoms in total. The fraction of sp³-hybridized carbons (Fsp3) is 0.478. The summed E-state index contributed by atoms with van der Waals surface area (Å²) in [4.78, 5) is 35.2. The molecule has 0 saturated carbocycles. The molecule has 1 aromatic carbocycles. The zero-order valence-electron chi connectivity index (χ0n) is 19.0. The van der Waals surface area contributed by atoms with Crippen molar-refractivity contribution >= 4 is 22.9 Å². The topological polar surface area (TPSA) is 124 Å². The summed E-state index contributed by atoms with van der Waals surface area (Å²) in [5.74, 6) is -1.04. The number of hydrogen-bond acceptors (Lipinski definition) is 9.